The van der Waals surface area contributed by atoms with Gasteiger partial charge in [-0.15, -0.1) is 11.8 Å². The molecule has 0 spiro atoms. The van der Waals surface area contributed by atoms with Crippen LogP contribution in [0.1, 0.15) is 10.4 Å². The third-order valence-electron chi connectivity index (χ3n) is 2.57. The van der Waals surface area contributed by atoms with E-state index in [0.717, 1.165) is 6.07 Å². The van der Waals surface area contributed by atoms with Crippen molar-refractivity contribution in [2.75, 3.05) is 33.1 Å². The molecule has 1 rings (SSSR count). The van der Waals surface area contributed by atoms with E-state index in [0.29, 0.717) is 18.0 Å². The Morgan fingerprint density at radius 2 is 2.14 bits per heavy atom. The molecule has 0 aliphatic rings. The van der Waals surface area contributed by atoms with Crippen LogP contribution in [0.15, 0.2) is 23.1 Å². The second-order valence-corrected chi connectivity index (χ2v) is 4.91. The summed E-state index contributed by atoms with van der Waals surface area (Å²) < 4.78 is 9.56. The molecule has 9 heteroatoms. The summed E-state index contributed by atoms with van der Waals surface area (Å²) in [4.78, 5) is 34.0. The molecule has 0 aliphatic carbocycles. The van der Waals surface area contributed by atoms with E-state index < -0.39 is 23.4 Å². The van der Waals surface area contributed by atoms with Crippen LogP contribution in [0.2, 0.25) is 0 Å². The first-order chi connectivity index (χ1) is 10.5. The van der Waals surface area contributed by atoms with Gasteiger partial charge in [0.25, 0.3) is 11.6 Å². The van der Waals surface area contributed by atoms with Gasteiger partial charge in [0.1, 0.15) is 0 Å². The number of nitro benzene ring substituents is 1. The van der Waals surface area contributed by atoms with Crippen molar-refractivity contribution in [3.05, 3.63) is 33.9 Å². The molecule has 22 heavy (non-hydrogen) atoms. The summed E-state index contributed by atoms with van der Waals surface area (Å²) in [6.45, 7) is 0.198. The van der Waals surface area contributed by atoms with Crippen molar-refractivity contribution in [2.45, 2.75) is 4.90 Å². The van der Waals surface area contributed by atoms with Gasteiger partial charge in [0.15, 0.2) is 6.61 Å². The monoisotopic (exact) mass is 328 g/mol. The number of rotatable bonds is 8. The van der Waals surface area contributed by atoms with Crippen molar-refractivity contribution in [3.8, 4) is 0 Å². The van der Waals surface area contributed by atoms with Crippen LogP contribution >= 0.6 is 11.8 Å². The average Bonchev–Trinajstić information content (AvgIpc) is 2.52. The van der Waals surface area contributed by atoms with Gasteiger partial charge in [0, 0.05) is 19.7 Å². The predicted octanol–water partition coefficient (Wildman–Crippen LogP) is 1.24. The van der Waals surface area contributed by atoms with Gasteiger partial charge in [-0.3, -0.25) is 14.9 Å². The summed E-state index contributed by atoms with van der Waals surface area (Å²) >= 11 is 1.20. The highest BCUT2D eigenvalue weighted by molar-refractivity contribution is 7.98. The number of methoxy groups -OCH3 is 1. The Hall–Kier alpha value is -2.13. The number of carbonyl (C=O) groups is 2. The highest BCUT2D eigenvalue weighted by Gasteiger charge is 2.18. The molecule has 0 aromatic heterocycles. The lowest BCUT2D eigenvalue weighted by Crippen LogP contribution is -2.31. The maximum Gasteiger partial charge on any atom is 0.338 e. The lowest BCUT2D eigenvalue weighted by atomic mass is 10.2. The number of benzene rings is 1. The number of carbonyl (C=O) groups excluding carboxylic acids is 2. The second-order valence-electron chi connectivity index (χ2n) is 4.06. The van der Waals surface area contributed by atoms with Crippen LogP contribution < -0.4 is 5.32 Å². The van der Waals surface area contributed by atoms with Gasteiger partial charge in [-0.25, -0.2) is 4.79 Å². The number of ether oxygens (including phenoxy) is 2. The number of thioether (sulfide) groups is 1. The highest BCUT2D eigenvalue weighted by Crippen LogP contribution is 2.28. The van der Waals surface area contributed by atoms with Crippen LogP contribution in [0, 0.1) is 10.1 Å². The quantitative estimate of drug-likeness (QED) is 0.251. The lowest BCUT2D eigenvalue weighted by Gasteiger charge is -2.07. The molecule has 0 saturated carbocycles. The Kier molecular flexibility index (Phi) is 7.33. The largest absolute Gasteiger partial charge is 0.452 e. The Balaban J connectivity index is 2.64. The van der Waals surface area contributed by atoms with E-state index in [1.807, 2.05) is 0 Å². The Morgan fingerprint density at radius 3 is 2.73 bits per heavy atom. The Morgan fingerprint density at radius 1 is 1.41 bits per heavy atom. The second kappa shape index (κ2) is 9.00. The van der Waals surface area contributed by atoms with Gasteiger partial charge in [-0.05, 0) is 18.4 Å². The van der Waals surface area contributed by atoms with Crippen LogP contribution in [0.4, 0.5) is 5.69 Å². The summed E-state index contributed by atoms with van der Waals surface area (Å²) in [6, 6.07) is 4.03. The molecule has 120 valence electrons. The summed E-state index contributed by atoms with van der Waals surface area (Å²) in [7, 11) is 1.50. The summed E-state index contributed by atoms with van der Waals surface area (Å²) in [5, 5.41) is 13.4. The van der Waals surface area contributed by atoms with Crippen LogP contribution in [-0.4, -0.2) is 49.9 Å². The minimum atomic E-state index is -0.794. The molecule has 0 aliphatic heterocycles. The van der Waals surface area contributed by atoms with Crippen LogP contribution in [-0.2, 0) is 14.3 Å². The van der Waals surface area contributed by atoms with E-state index in [1.165, 1.54) is 31.0 Å². The average molecular weight is 328 g/mol. The van der Waals surface area contributed by atoms with Crippen molar-refractivity contribution >= 4 is 29.3 Å². The van der Waals surface area contributed by atoms with Crippen LogP contribution in [0.3, 0.4) is 0 Å². The summed E-state index contributed by atoms with van der Waals surface area (Å²) in [6.07, 6.45) is 1.70. The fourth-order valence-corrected chi connectivity index (χ4v) is 2.06. The molecule has 0 radical (unpaired) electrons. The van der Waals surface area contributed by atoms with Gasteiger partial charge in [-0.1, -0.05) is 0 Å². The van der Waals surface area contributed by atoms with Crippen LogP contribution in [0.5, 0.6) is 0 Å². The lowest BCUT2D eigenvalue weighted by molar-refractivity contribution is -0.387. The van der Waals surface area contributed by atoms with Crippen molar-refractivity contribution in [1.82, 2.24) is 5.32 Å². The predicted molar refractivity (Wildman–Crippen MR) is 80.0 cm³/mol. The molecular weight excluding hydrogens is 312 g/mol. The molecule has 1 aromatic carbocycles. The minimum Gasteiger partial charge on any atom is -0.452 e. The first-order valence-corrected chi connectivity index (χ1v) is 7.47. The van der Waals surface area contributed by atoms with E-state index in [4.69, 9.17) is 9.47 Å². The smallest absolute Gasteiger partial charge is 0.338 e. The van der Waals surface area contributed by atoms with Crippen molar-refractivity contribution in [1.29, 1.82) is 0 Å². The van der Waals surface area contributed by atoms with Crippen LogP contribution in [0.25, 0.3) is 0 Å². The zero-order valence-corrected chi connectivity index (χ0v) is 13.0. The molecule has 1 aromatic rings. The number of nitro groups is 1. The molecule has 8 nitrogen and oxygen atoms in total. The standard InChI is InChI=1S/C13H16N2O6S/c1-20-6-5-14-12(16)8-21-13(17)9-3-4-11(22-2)10(7-9)15(18)19/h3-4,7H,5-6,8H2,1-2H3,(H,14,16). The molecule has 0 atom stereocenters. The normalized spacial score (nSPS) is 10.1. The van der Waals surface area contributed by atoms with Gasteiger partial charge in [-0.2, -0.15) is 0 Å². The Bertz CT molecular complexity index is 563. The third-order valence-corrected chi connectivity index (χ3v) is 3.36. The van der Waals surface area contributed by atoms with Crippen molar-refractivity contribution < 1.29 is 24.0 Å². The first-order valence-electron chi connectivity index (χ1n) is 6.24. The molecular formula is C13H16N2O6S. The van der Waals surface area contributed by atoms with Gasteiger partial charge in [0.05, 0.1) is 22.0 Å². The SMILES string of the molecule is COCCNC(=O)COC(=O)c1ccc(SC)c([N+](=O)[O-])c1. The van der Waals surface area contributed by atoms with E-state index in [2.05, 4.69) is 5.32 Å². The van der Waals surface area contributed by atoms with E-state index in [1.54, 1.807) is 6.26 Å². The van der Waals surface area contributed by atoms with Gasteiger partial charge >= 0.3 is 5.97 Å². The molecule has 0 unspecified atom stereocenters. The zero-order chi connectivity index (χ0) is 16.5. The molecule has 0 fully saturated rings. The summed E-state index contributed by atoms with van der Waals surface area (Å²) in [5.74, 6) is -1.27. The fraction of sp³-hybridized carbons (Fsp3) is 0.385. The number of hydrogen-bond donors (Lipinski definition) is 1. The highest BCUT2D eigenvalue weighted by atomic mass is 32.2. The Labute approximate surface area is 131 Å². The van der Waals surface area contributed by atoms with E-state index in [-0.39, 0.29) is 11.3 Å². The number of amides is 1. The molecule has 1 N–H and O–H groups in total. The number of hydrogen-bond acceptors (Lipinski definition) is 7. The first kappa shape index (κ1) is 17.9. The number of nitrogens with one attached hydrogen (secondary N) is 1. The fourth-order valence-electron chi connectivity index (χ4n) is 1.52. The van der Waals surface area contributed by atoms with Crippen molar-refractivity contribution in [2.24, 2.45) is 0 Å². The van der Waals surface area contributed by atoms with E-state index in [9.17, 15) is 19.7 Å². The topological polar surface area (TPSA) is 108 Å². The molecule has 0 saturated heterocycles. The van der Waals surface area contributed by atoms with Gasteiger partial charge < -0.3 is 14.8 Å². The number of nitrogens with zero attached hydrogens (tertiary/aromatic N) is 1. The molecule has 0 bridgehead atoms. The minimum absolute atomic E-state index is 0.0224. The summed E-state index contributed by atoms with van der Waals surface area (Å²) in [5.41, 5.74) is -0.152. The molecule has 0 heterocycles. The van der Waals surface area contributed by atoms with E-state index >= 15 is 0 Å². The zero-order valence-electron chi connectivity index (χ0n) is 12.2. The maximum absolute atomic E-state index is 11.8. The third kappa shape index (κ3) is 5.34. The van der Waals surface area contributed by atoms with Gasteiger partial charge in [0.2, 0.25) is 0 Å². The molecule has 1 amide bonds. The number of esters is 1. The maximum atomic E-state index is 11.8. The van der Waals surface area contributed by atoms with Crippen molar-refractivity contribution in [3.63, 3.8) is 0 Å².